The maximum Gasteiger partial charge on any atom is 0.281 e. The standard InChI is InChI=1S/C29H27F2N7O/c1-36-23-10-22(25-18(15-5-6-15)3-2-4-19(25)27(36)39)38-21-9-16(7-8-20(21)35-26(23)38)17-11-33-28(34-12-17)37-13-24(32)29(30,31)14-37/h2-4,7-9,11-12,15,22-24H,5-6,10,13-14,32H2,1H3/t22-,23-,24-/m1/s1. The summed E-state index contributed by atoms with van der Waals surface area (Å²) in [5.74, 6) is -1.21. The second kappa shape index (κ2) is 7.81. The lowest BCUT2D eigenvalue weighted by Gasteiger charge is -2.25. The first-order chi connectivity index (χ1) is 18.8. The van der Waals surface area contributed by atoms with Gasteiger partial charge in [0, 0.05) is 43.5 Å². The molecule has 2 aromatic carbocycles. The van der Waals surface area contributed by atoms with Gasteiger partial charge in [-0.3, -0.25) is 4.79 Å². The fraction of sp³-hybridized carbons (Fsp3) is 0.379. The van der Waals surface area contributed by atoms with Crippen LogP contribution in [0.2, 0.25) is 0 Å². The molecule has 2 aromatic heterocycles. The van der Waals surface area contributed by atoms with Crippen molar-refractivity contribution in [3.05, 3.63) is 71.3 Å². The molecule has 0 spiro atoms. The molecule has 0 radical (unpaired) electrons. The molecule has 8 nitrogen and oxygen atoms in total. The van der Waals surface area contributed by atoms with Gasteiger partial charge in [0.1, 0.15) is 5.82 Å². The minimum Gasteiger partial charge on any atom is -0.333 e. The number of hydrogen-bond donors (Lipinski definition) is 1. The van der Waals surface area contributed by atoms with E-state index in [-0.39, 0.29) is 30.5 Å². The third-order valence-corrected chi connectivity index (χ3v) is 8.90. The van der Waals surface area contributed by atoms with Crippen LogP contribution >= 0.6 is 0 Å². The van der Waals surface area contributed by atoms with Crippen molar-refractivity contribution < 1.29 is 13.6 Å². The van der Waals surface area contributed by atoms with Gasteiger partial charge in [-0.25, -0.2) is 23.7 Å². The lowest BCUT2D eigenvalue weighted by molar-refractivity contribution is 0.00958. The summed E-state index contributed by atoms with van der Waals surface area (Å²) >= 11 is 0. The van der Waals surface area contributed by atoms with Crippen LogP contribution in [-0.4, -0.2) is 62.4 Å². The largest absolute Gasteiger partial charge is 0.333 e. The number of anilines is 1. The zero-order valence-corrected chi connectivity index (χ0v) is 21.4. The third-order valence-electron chi connectivity index (χ3n) is 8.90. The first-order valence-corrected chi connectivity index (χ1v) is 13.4. The van der Waals surface area contributed by atoms with Crippen LogP contribution < -0.4 is 10.6 Å². The number of halogens is 2. The second-order valence-corrected chi connectivity index (χ2v) is 11.3. The maximum atomic E-state index is 13.9. The Morgan fingerprint density at radius 2 is 1.85 bits per heavy atom. The fourth-order valence-corrected chi connectivity index (χ4v) is 6.67. The summed E-state index contributed by atoms with van der Waals surface area (Å²) in [5, 5.41) is 0. The summed E-state index contributed by atoms with van der Waals surface area (Å²) in [6, 6.07) is 11.0. The average Bonchev–Trinajstić information content (AvgIpc) is 3.57. The van der Waals surface area contributed by atoms with Crippen LogP contribution in [0.4, 0.5) is 14.7 Å². The highest BCUT2D eigenvalue weighted by atomic mass is 19.3. The van der Waals surface area contributed by atoms with Crippen molar-refractivity contribution in [2.45, 2.75) is 49.2 Å². The van der Waals surface area contributed by atoms with Crippen LogP contribution in [0, 0.1) is 0 Å². The quantitative estimate of drug-likeness (QED) is 0.428. The number of alkyl halides is 2. The molecule has 3 aliphatic heterocycles. The second-order valence-electron chi connectivity index (χ2n) is 11.3. The maximum absolute atomic E-state index is 13.9. The average molecular weight is 528 g/mol. The molecule has 5 heterocycles. The minimum atomic E-state index is -2.96. The van der Waals surface area contributed by atoms with E-state index in [1.165, 1.54) is 10.5 Å². The first-order valence-electron chi connectivity index (χ1n) is 13.4. The number of fused-ring (bicyclic) bond motifs is 9. The normalized spacial score (nSPS) is 25.2. The van der Waals surface area contributed by atoms with Crippen LogP contribution in [0.15, 0.2) is 48.8 Å². The Labute approximate surface area is 223 Å². The number of nitrogens with zero attached hydrogens (tertiary/aromatic N) is 6. The zero-order valence-electron chi connectivity index (χ0n) is 21.4. The monoisotopic (exact) mass is 527 g/mol. The van der Waals surface area contributed by atoms with Crippen LogP contribution in [0.1, 0.15) is 64.6 Å². The van der Waals surface area contributed by atoms with Crippen molar-refractivity contribution in [2.75, 3.05) is 25.0 Å². The Hall–Kier alpha value is -3.92. The van der Waals surface area contributed by atoms with Gasteiger partial charge < -0.3 is 20.1 Å². The minimum absolute atomic E-state index is 0.0179. The van der Waals surface area contributed by atoms with Gasteiger partial charge in [0.2, 0.25) is 5.95 Å². The van der Waals surface area contributed by atoms with Crippen molar-refractivity contribution in [3.8, 4) is 11.1 Å². The van der Waals surface area contributed by atoms with Crippen molar-refractivity contribution in [1.29, 1.82) is 0 Å². The van der Waals surface area contributed by atoms with E-state index in [9.17, 15) is 13.6 Å². The van der Waals surface area contributed by atoms with E-state index < -0.39 is 18.5 Å². The molecule has 1 saturated heterocycles. The molecular formula is C29H27F2N7O. The van der Waals surface area contributed by atoms with Crippen LogP contribution in [-0.2, 0) is 0 Å². The summed E-state index contributed by atoms with van der Waals surface area (Å²) in [6.45, 7) is -0.463. The Morgan fingerprint density at radius 3 is 2.56 bits per heavy atom. The molecule has 1 aliphatic carbocycles. The molecule has 2 bridgehead atoms. The Morgan fingerprint density at radius 1 is 1.05 bits per heavy atom. The topological polar surface area (TPSA) is 93.2 Å². The molecule has 4 aromatic rings. The highest BCUT2D eigenvalue weighted by molar-refractivity contribution is 5.97. The van der Waals surface area contributed by atoms with E-state index in [1.54, 1.807) is 12.4 Å². The van der Waals surface area contributed by atoms with Crippen LogP contribution in [0.5, 0.6) is 0 Å². The number of rotatable bonds is 3. The predicted molar refractivity (Wildman–Crippen MR) is 142 cm³/mol. The Kier molecular flexibility index (Phi) is 4.61. The molecular weight excluding hydrogens is 500 g/mol. The number of imidazole rings is 1. The lowest BCUT2D eigenvalue weighted by atomic mass is 9.91. The van der Waals surface area contributed by atoms with Gasteiger partial charge in [-0.15, -0.1) is 0 Å². The fourth-order valence-electron chi connectivity index (χ4n) is 6.67. The number of aromatic nitrogens is 4. The van der Waals surface area contributed by atoms with Crippen LogP contribution in [0.3, 0.4) is 0 Å². The Balaban J connectivity index is 1.21. The highest BCUT2D eigenvalue weighted by Gasteiger charge is 2.47. The summed E-state index contributed by atoms with van der Waals surface area (Å²) in [4.78, 5) is 30.5. The van der Waals surface area contributed by atoms with Crippen molar-refractivity contribution in [2.24, 2.45) is 5.73 Å². The van der Waals surface area contributed by atoms with Gasteiger partial charge in [-0.2, -0.15) is 0 Å². The molecule has 1 amide bonds. The van der Waals surface area contributed by atoms with E-state index in [1.807, 2.05) is 36.2 Å². The summed E-state index contributed by atoms with van der Waals surface area (Å²) < 4.78 is 30.2. The van der Waals surface area contributed by atoms with Crippen molar-refractivity contribution in [1.82, 2.24) is 24.4 Å². The number of carbonyl (C=O) groups excluding carboxylic acids is 1. The molecule has 3 atom stereocenters. The lowest BCUT2D eigenvalue weighted by Crippen LogP contribution is -2.38. The smallest absolute Gasteiger partial charge is 0.281 e. The molecule has 2 fully saturated rings. The summed E-state index contributed by atoms with van der Waals surface area (Å²) in [6.07, 6.45) is 6.47. The molecule has 198 valence electrons. The van der Waals surface area contributed by atoms with Crippen molar-refractivity contribution in [3.63, 3.8) is 0 Å². The number of benzene rings is 2. The molecule has 1 saturated carbocycles. The van der Waals surface area contributed by atoms with Gasteiger partial charge in [0.05, 0.1) is 35.7 Å². The zero-order chi connectivity index (χ0) is 26.6. The van der Waals surface area contributed by atoms with E-state index >= 15 is 0 Å². The Bertz CT molecular complexity index is 1660. The molecule has 4 aliphatic rings. The van der Waals surface area contributed by atoms with Crippen molar-refractivity contribution >= 4 is 22.9 Å². The summed E-state index contributed by atoms with van der Waals surface area (Å²) in [7, 11) is 1.88. The van der Waals surface area contributed by atoms with E-state index in [4.69, 9.17) is 10.7 Å². The van der Waals surface area contributed by atoms with Gasteiger partial charge in [-0.1, -0.05) is 18.2 Å². The van der Waals surface area contributed by atoms with E-state index in [0.29, 0.717) is 5.92 Å². The van der Waals surface area contributed by atoms with Gasteiger partial charge in [0.15, 0.2) is 0 Å². The first kappa shape index (κ1) is 23.0. The van der Waals surface area contributed by atoms with Crippen LogP contribution in [0.25, 0.3) is 22.2 Å². The molecule has 8 rings (SSSR count). The molecule has 10 heteroatoms. The summed E-state index contributed by atoms with van der Waals surface area (Å²) in [5.41, 5.74) is 12.4. The highest BCUT2D eigenvalue weighted by Crippen LogP contribution is 2.52. The molecule has 2 N–H and O–H groups in total. The van der Waals surface area contributed by atoms with E-state index in [2.05, 4.69) is 26.7 Å². The molecule has 0 unspecified atom stereocenters. The predicted octanol–water partition coefficient (Wildman–Crippen LogP) is 4.27. The number of carbonyl (C=O) groups is 1. The van der Waals surface area contributed by atoms with E-state index in [0.717, 1.165) is 58.4 Å². The van der Waals surface area contributed by atoms with Gasteiger partial charge >= 0.3 is 0 Å². The number of hydrogen-bond acceptors (Lipinski definition) is 6. The van der Waals surface area contributed by atoms with Gasteiger partial charge in [0.25, 0.3) is 11.8 Å². The number of nitrogens with two attached hydrogens (primary N) is 1. The third kappa shape index (κ3) is 3.30. The SMILES string of the molecule is CN1C(=O)c2cccc(C3CC3)c2[C@H]2C[C@@H]1c1nc3ccc(-c4cnc(N5C[C@@H](N)C(F)(F)C5)nc4)cc3n12. The van der Waals surface area contributed by atoms with Gasteiger partial charge in [-0.05, 0) is 53.6 Å². The molecule has 39 heavy (non-hydrogen) atoms. The number of amides is 1.